The van der Waals surface area contributed by atoms with E-state index < -0.39 is 6.36 Å². The van der Waals surface area contributed by atoms with Crippen LogP contribution in [0.5, 0.6) is 5.75 Å². The van der Waals surface area contributed by atoms with Gasteiger partial charge in [-0.15, -0.1) is 13.2 Å². The van der Waals surface area contributed by atoms with Crippen molar-refractivity contribution in [3.05, 3.63) is 39.7 Å². The largest absolute Gasteiger partial charge is 0.573 e. The lowest BCUT2D eigenvalue weighted by Gasteiger charge is -2.12. The van der Waals surface area contributed by atoms with E-state index in [9.17, 15) is 13.2 Å². The Morgan fingerprint density at radius 3 is 2.52 bits per heavy atom. The predicted molar refractivity (Wildman–Crippen MR) is 75.9 cm³/mol. The SMILES string of the molecule is Cc1nc(Cl)cc(Nc2ccc(OC(F)(F)F)c(Br)c2)n1. The van der Waals surface area contributed by atoms with Crippen molar-refractivity contribution in [1.82, 2.24) is 9.97 Å². The van der Waals surface area contributed by atoms with Gasteiger partial charge in [-0.2, -0.15) is 0 Å². The van der Waals surface area contributed by atoms with Gasteiger partial charge in [0.25, 0.3) is 0 Å². The molecule has 9 heteroatoms. The fraction of sp³-hybridized carbons (Fsp3) is 0.167. The maximum absolute atomic E-state index is 12.2. The molecular formula is C12H8BrClF3N3O. The van der Waals surface area contributed by atoms with Crippen LogP contribution in [0.1, 0.15) is 5.82 Å². The van der Waals surface area contributed by atoms with Crippen LogP contribution in [0.15, 0.2) is 28.7 Å². The van der Waals surface area contributed by atoms with Gasteiger partial charge in [-0.25, -0.2) is 9.97 Å². The Kier molecular flexibility index (Phi) is 4.58. The number of ether oxygens (including phenoxy) is 1. The Morgan fingerprint density at radius 2 is 1.95 bits per heavy atom. The Bertz CT molecular complexity index is 646. The van der Waals surface area contributed by atoms with Gasteiger partial charge in [0.1, 0.15) is 22.5 Å². The molecule has 0 spiro atoms. The van der Waals surface area contributed by atoms with Crippen LogP contribution < -0.4 is 10.1 Å². The van der Waals surface area contributed by atoms with E-state index in [1.165, 1.54) is 24.3 Å². The predicted octanol–water partition coefficient (Wildman–Crippen LogP) is 4.84. The highest BCUT2D eigenvalue weighted by molar-refractivity contribution is 9.10. The number of nitrogens with one attached hydrogen (secondary N) is 1. The summed E-state index contributed by atoms with van der Waals surface area (Å²) in [5.74, 6) is 0.579. The summed E-state index contributed by atoms with van der Waals surface area (Å²) in [6.45, 7) is 1.67. The molecule has 0 radical (unpaired) electrons. The highest BCUT2D eigenvalue weighted by Crippen LogP contribution is 2.33. The van der Waals surface area contributed by atoms with Crippen molar-refractivity contribution in [3.63, 3.8) is 0 Å². The molecule has 2 aromatic rings. The summed E-state index contributed by atoms with van der Waals surface area (Å²) in [7, 11) is 0. The Hall–Kier alpha value is -1.54. The summed E-state index contributed by atoms with van der Waals surface area (Å²) >= 11 is 8.82. The number of hydrogen-bond acceptors (Lipinski definition) is 4. The highest BCUT2D eigenvalue weighted by atomic mass is 79.9. The average molecular weight is 383 g/mol. The van der Waals surface area contributed by atoms with E-state index in [-0.39, 0.29) is 15.4 Å². The monoisotopic (exact) mass is 381 g/mol. The molecule has 0 unspecified atom stereocenters. The molecule has 2 rings (SSSR count). The summed E-state index contributed by atoms with van der Waals surface area (Å²) in [5.41, 5.74) is 0.519. The van der Waals surface area contributed by atoms with Gasteiger partial charge >= 0.3 is 6.36 Å². The van der Waals surface area contributed by atoms with Crippen molar-refractivity contribution in [1.29, 1.82) is 0 Å². The topological polar surface area (TPSA) is 47.0 Å². The number of alkyl halides is 3. The van der Waals surface area contributed by atoms with Crippen molar-refractivity contribution in [2.24, 2.45) is 0 Å². The lowest BCUT2D eigenvalue weighted by molar-refractivity contribution is -0.274. The van der Waals surface area contributed by atoms with Crippen molar-refractivity contribution in [3.8, 4) is 5.75 Å². The van der Waals surface area contributed by atoms with Crippen molar-refractivity contribution in [2.75, 3.05) is 5.32 Å². The smallest absolute Gasteiger partial charge is 0.405 e. The maximum atomic E-state index is 12.2. The van der Waals surface area contributed by atoms with E-state index in [0.29, 0.717) is 17.3 Å². The van der Waals surface area contributed by atoms with Crippen LogP contribution in [0.3, 0.4) is 0 Å². The van der Waals surface area contributed by atoms with Crippen LogP contribution in [0.2, 0.25) is 5.15 Å². The summed E-state index contributed by atoms with van der Waals surface area (Å²) in [4.78, 5) is 8.02. The maximum Gasteiger partial charge on any atom is 0.573 e. The Morgan fingerprint density at radius 1 is 1.24 bits per heavy atom. The van der Waals surface area contributed by atoms with E-state index in [4.69, 9.17) is 11.6 Å². The van der Waals surface area contributed by atoms with Crippen LogP contribution in [-0.2, 0) is 0 Å². The third kappa shape index (κ3) is 4.75. The molecular weight excluding hydrogens is 375 g/mol. The molecule has 1 N–H and O–H groups in total. The second-order valence-corrected chi connectivity index (χ2v) is 5.18. The minimum atomic E-state index is -4.74. The third-order valence-corrected chi connectivity index (χ3v) is 3.05. The summed E-state index contributed by atoms with van der Waals surface area (Å²) < 4.78 is 40.5. The average Bonchev–Trinajstić information content (AvgIpc) is 2.30. The summed E-state index contributed by atoms with van der Waals surface area (Å²) in [6.07, 6.45) is -4.74. The van der Waals surface area contributed by atoms with Crippen molar-refractivity contribution in [2.45, 2.75) is 13.3 Å². The summed E-state index contributed by atoms with van der Waals surface area (Å²) in [6, 6.07) is 5.56. The normalized spacial score (nSPS) is 11.3. The van der Waals surface area contributed by atoms with Crippen LogP contribution >= 0.6 is 27.5 Å². The molecule has 0 saturated heterocycles. The van der Waals surface area contributed by atoms with Crippen molar-refractivity contribution < 1.29 is 17.9 Å². The second kappa shape index (κ2) is 6.07. The van der Waals surface area contributed by atoms with Gasteiger partial charge in [-0.1, -0.05) is 11.6 Å². The first-order valence-corrected chi connectivity index (χ1v) is 6.73. The number of benzene rings is 1. The second-order valence-electron chi connectivity index (χ2n) is 3.94. The highest BCUT2D eigenvalue weighted by Gasteiger charge is 2.31. The molecule has 0 amide bonds. The van der Waals surface area contributed by atoms with Crippen LogP contribution in [0.25, 0.3) is 0 Å². The number of rotatable bonds is 3. The number of nitrogens with zero attached hydrogens (tertiary/aromatic N) is 2. The zero-order chi connectivity index (χ0) is 15.6. The number of anilines is 2. The van der Waals surface area contributed by atoms with Gasteiger partial charge in [0.2, 0.25) is 0 Å². The van der Waals surface area contributed by atoms with Gasteiger partial charge in [0.05, 0.1) is 4.47 Å². The van der Waals surface area contributed by atoms with E-state index >= 15 is 0 Å². The number of aryl methyl sites for hydroxylation is 1. The van der Waals surface area contributed by atoms with Gasteiger partial charge in [-0.05, 0) is 41.1 Å². The first kappa shape index (κ1) is 15.8. The minimum absolute atomic E-state index is 0.154. The lowest BCUT2D eigenvalue weighted by atomic mass is 10.3. The van der Waals surface area contributed by atoms with Gasteiger partial charge in [0, 0.05) is 11.8 Å². The molecule has 0 aliphatic heterocycles. The molecule has 0 aliphatic rings. The zero-order valence-electron chi connectivity index (χ0n) is 10.5. The van der Waals surface area contributed by atoms with E-state index in [1.54, 1.807) is 6.92 Å². The van der Waals surface area contributed by atoms with Crippen LogP contribution in [-0.4, -0.2) is 16.3 Å². The zero-order valence-corrected chi connectivity index (χ0v) is 12.8. The lowest BCUT2D eigenvalue weighted by Crippen LogP contribution is -2.17. The molecule has 1 aromatic carbocycles. The first-order valence-electron chi connectivity index (χ1n) is 5.56. The molecule has 4 nitrogen and oxygen atoms in total. The molecule has 21 heavy (non-hydrogen) atoms. The first-order chi connectivity index (χ1) is 9.73. The minimum Gasteiger partial charge on any atom is -0.405 e. The van der Waals surface area contributed by atoms with E-state index in [1.807, 2.05) is 0 Å². The quantitative estimate of drug-likeness (QED) is 0.772. The third-order valence-electron chi connectivity index (χ3n) is 2.24. The molecule has 0 aliphatic carbocycles. The van der Waals surface area contributed by atoms with E-state index in [2.05, 4.69) is 36.0 Å². The molecule has 1 aromatic heterocycles. The standard InChI is InChI=1S/C12H8BrClF3N3O/c1-6-18-10(14)5-11(19-6)20-7-2-3-9(8(13)4-7)21-12(15,16)17/h2-5H,1H3,(H,18,19,20). The molecule has 0 atom stereocenters. The van der Waals surface area contributed by atoms with Gasteiger partial charge < -0.3 is 10.1 Å². The van der Waals surface area contributed by atoms with Gasteiger partial charge in [-0.3, -0.25) is 0 Å². The van der Waals surface area contributed by atoms with E-state index in [0.717, 1.165) is 0 Å². The molecule has 1 heterocycles. The fourth-order valence-corrected chi connectivity index (χ4v) is 2.21. The van der Waals surface area contributed by atoms with Crippen LogP contribution in [0.4, 0.5) is 24.7 Å². The summed E-state index contributed by atoms with van der Waals surface area (Å²) in [5, 5.41) is 3.18. The molecule has 112 valence electrons. The number of hydrogen-bond donors (Lipinski definition) is 1. The Labute approximate surface area is 131 Å². The molecule has 0 bridgehead atoms. The molecule has 0 saturated carbocycles. The molecule has 0 fully saturated rings. The fourth-order valence-electron chi connectivity index (χ4n) is 1.53. The van der Waals surface area contributed by atoms with Gasteiger partial charge in [0.15, 0.2) is 0 Å². The van der Waals surface area contributed by atoms with Crippen LogP contribution in [0, 0.1) is 6.92 Å². The van der Waals surface area contributed by atoms with Crippen molar-refractivity contribution >= 4 is 39.0 Å². The number of aromatic nitrogens is 2. The number of halogens is 5. The Balaban J connectivity index is 2.20.